The molecule has 51 heavy (non-hydrogen) atoms. The van der Waals surface area contributed by atoms with Crippen molar-refractivity contribution < 1.29 is 63.5 Å². The minimum Gasteiger partial charge on any atom is -0.459 e. The fraction of sp³-hybridized carbons (Fsp3) is 0.946. The van der Waals surface area contributed by atoms with E-state index in [2.05, 4.69) is 0 Å². The average molecular weight is 734 g/mol. The molecule has 3 aliphatic heterocycles. The molecule has 0 aliphatic carbocycles. The summed E-state index contributed by atoms with van der Waals surface area (Å²) in [7, 11) is 5.18. The van der Waals surface area contributed by atoms with Crippen LogP contribution in [0.1, 0.15) is 94.9 Å². The van der Waals surface area contributed by atoms with E-state index in [1.165, 1.54) is 27.9 Å². The molecule has 14 nitrogen and oxygen atoms in total. The number of aliphatic hydroxyl groups is 5. The van der Waals surface area contributed by atoms with Gasteiger partial charge in [0.25, 0.3) is 0 Å². The first-order chi connectivity index (χ1) is 23.4. The van der Waals surface area contributed by atoms with Crippen LogP contribution in [-0.4, -0.2) is 148 Å². The van der Waals surface area contributed by atoms with Gasteiger partial charge < -0.3 is 58.9 Å². The van der Waals surface area contributed by atoms with Gasteiger partial charge in [-0.2, -0.15) is 0 Å². The van der Waals surface area contributed by atoms with Crippen LogP contribution in [0.5, 0.6) is 0 Å². The number of rotatable bonds is 7. The number of hydrogen-bond donors (Lipinski definition) is 5. The number of Topliss-reactive ketones (excluding diaryl/α,β-unsaturated/α-hetero) is 1. The van der Waals surface area contributed by atoms with E-state index in [9.17, 15) is 35.1 Å². The molecule has 0 amide bonds. The van der Waals surface area contributed by atoms with Crippen LogP contribution in [0.2, 0.25) is 0 Å². The van der Waals surface area contributed by atoms with Crippen molar-refractivity contribution in [3.63, 3.8) is 0 Å². The predicted molar refractivity (Wildman–Crippen MR) is 186 cm³/mol. The van der Waals surface area contributed by atoms with Crippen molar-refractivity contribution >= 4 is 11.8 Å². The molecule has 0 aromatic rings. The Morgan fingerprint density at radius 1 is 0.882 bits per heavy atom. The van der Waals surface area contributed by atoms with Gasteiger partial charge in [0.15, 0.2) is 12.6 Å². The standard InChI is InChI=1S/C37H67NO13/c1-14-25-37(10,45)30(41)20(4)27(39)18(2)16-35(8,44)32(51-34-28(40)24(38(11)12)15-19(3)47-34)21(5)29(22(6)33(43)49-25)50-26-17-36(9,46-13)31(42)23(7)48-26/h18-26,28-32,34,40-42,44-45H,14-17H2,1-13H3/t18-,19-,20+,21+,22-,23-,24-,25-,26+,28-,29+,30-,31+,32-,34+,35-,36-,37-/m1/s1. The normalized spacial score (nSPS) is 49.7. The molecule has 0 saturated carbocycles. The number of cyclic esters (lactones) is 1. The number of ketones is 1. The first-order valence-electron chi connectivity index (χ1n) is 18.5. The van der Waals surface area contributed by atoms with Crippen molar-refractivity contribution in [2.45, 2.75) is 179 Å². The van der Waals surface area contributed by atoms with Crippen LogP contribution in [0, 0.1) is 23.7 Å². The number of carbonyl (C=O) groups excluding carboxylic acids is 2. The fourth-order valence-corrected chi connectivity index (χ4v) is 8.41. The molecule has 0 aromatic carbocycles. The van der Waals surface area contributed by atoms with Crippen LogP contribution in [0.4, 0.5) is 0 Å². The number of carbonyl (C=O) groups is 2. The molecule has 3 heterocycles. The van der Waals surface area contributed by atoms with Crippen molar-refractivity contribution in [1.82, 2.24) is 4.90 Å². The quantitative estimate of drug-likeness (QED) is 0.238. The molecule has 3 aliphatic rings. The molecule has 298 valence electrons. The van der Waals surface area contributed by atoms with E-state index in [0.29, 0.717) is 6.42 Å². The molecular formula is C37H67NO13. The third kappa shape index (κ3) is 9.51. The summed E-state index contributed by atoms with van der Waals surface area (Å²) in [5.74, 6) is -4.98. The highest BCUT2D eigenvalue weighted by Crippen LogP contribution is 2.40. The number of likely N-dealkylation sites (N-methyl/N-ethyl adjacent to an activating group) is 1. The Balaban J connectivity index is 2.18. The number of ether oxygens (including phenoxy) is 6. The van der Waals surface area contributed by atoms with E-state index < -0.39 is 108 Å². The number of hydrogen-bond acceptors (Lipinski definition) is 14. The van der Waals surface area contributed by atoms with Gasteiger partial charge in [-0.15, -0.1) is 0 Å². The minimum atomic E-state index is -1.99. The van der Waals surface area contributed by atoms with Crippen LogP contribution < -0.4 is 0 Å². The maximum absolute atomic E-state index is 14.1. The van der Waals surface area contributed by atoms with Crippen LogP contribution in [0.25, 0.3) is 0 Å². The van der Waals surface area contributed by atoms with Gasteiger partial charge in [0, 0.05) is 37.3 Å². The summed E-state index contributed by atoms with van der Waals surface area (Å²) < 4.78 is 37.1. The zero-order chi connectivity index (χ0) is 39.0. The van der Waals surface area contributed by atoms with Gasteiger partial charge in [-0.05, 0) is 74.9 Å². The molecule has 14 heteroatoms. The summed E-state index contributed by atoms with van der Waals surface area (Å²) in [4.78, 5) is 29.8. The van der Waals surface area contributed by atoms with Gasteiger partial charge in [0.05, 0.1) is 47.6 Å². The summed E-state index contributed by atoms with van der Waals surface area (Å²) in [6.45, 7) is 16.3. The molecular weight excluding hydrogens is 666 g/mol. The summed E-state index contributed by atoms with van der Waals surface area (Å²) in [5, 5.41) is 57.6. The average Bonchev–Trinajstić information content (AvgIpc) is 3.05. The lowest BCUT2D eigenvalue weighted by Gasteiger charge is -2.49. The smallest absolute Gasteiger partial charge is 0.311 e. The molecule has 0 bridgehead atoms. The largest absolute Gasteiger partial charge is 0.459 e. The second-order valence-corrected chi connectivity index (χ2v) is 16.5. The summed E-state index contributed by atoms with van der Waals surface area (Å²) >= 11 is 0. The first-order valence-corrected chi connectivity index (χ1v) is 18.5. The van der Waals surface area contributed by atoms with E-state index in [1.54, 1.807) is 41.5 Å². The van der Waals surface area contributed by atoms with Crippen molar-refractivity contribution in [2.75, 3.05) is 21.2 Å². The zero-order valence-electron chi connectivity index (χ0n) is 32.9. The van der Waals surface area contributed by atoms with Crippen LogP contribution in [0.15, 0.2) is 0 Å². The van der Waals surface area contributed by atoms with E-state index in [1.807, 2.05) is 25.9 Å². The lowest BCUT2D eigenvalue weighted by Crippen LogP contribution is -2.61. The van der Waals surface area contributed by atoms with Crippen molar-refractivity contribution in [3.8, 4) is 0 Å². The maximum atomic E-state index is 14.1. The Kier molecular flexibility index (Phi) is 14.7. The Bertz CT molecular complexity index is 1170. The minimum absolute atomic E-state index is 0.0936. The lowest BCUT2D eigenvalue weighted by molar-refractivity contribution is -0.318. The van der Waals surface area contributed by atoms with E-state index in [-0.39, 0.29) is 31.4 Å². The SMILES string of the molecule is CC[C@H]1OC(=O)[C@H](C)[C@@H](O[C@H]2C[C@@](C)(OC)[C@@H](O)[C@@H](C)O2)[C@H](C)[C@@H](O[C@@H]2O[C@H](C)C[C@@H](N(C)C)[C@H]2O)[C@](C)(O)C[C@@H](C)C(=O)[C@H](C)[C@@H](O)[C@]1(C)O. The molecule has 0 spiro atoms. The Hall–Kier alpha value is -1.30. The monoisotopic (exact) mass is 733 g/mol. The molecule has 3 saturated heterocycles. The number of methoxy groups -OCH3 is 1. The molecule has 0 aromatic heterocycles. The highest BCUT2D eigenvalue weighted by molar-refractivity contribution is 5.83. The third-order valence-electron chi connectivity index (χ3n) is 11.8. The second-order valence-electron chi connectivity index (χ2n) is 16.5. The van der Waals surface area contributed by atoms with Gasteiger partial charge in [-0.3, -0.25) is 9.59 Å². The zero-order valence-corrected chi connectivity index (χ0v) is 32.9. The van der Waals surface area contributed by atoms with Gasteiger partial charge in [-0.1, -0.05) is 27.7 Å². The van der Waals surface area contributed by atoms with Crippen LogP contribution in [0.3, 0.4) is 0 Å². The molecule has 3 fully saturated rings. The van der Waals surface area contributed by atoms with Crippen molar-refractivity contribution in [2.24, 2.45) is 23.7 Å². The highest BCUT2D eigenvalue weighted by Gasteiger charge is 2.53. The molecule has 3 rings (SSSR count). The topological polar surface area (TPSA) is 194 Å². The van der Waals surface area contributed by atoms with E-state index >= 15 is 0 Å². The van der Waals surface area contributed by atoms with E-state index in [4.69, 9.17) is 28.4 Å². The van der Waals surface area contributed by atoms with Gasteiger partial charge in [-0.25, -0.2) is 0 Å². The predicted octanol–water partition coefficient (Wildman–Crippen LogP) is 1.79. The van der Waals surface area contributed by atoms with E-state index in [0.717, 1.165) is 0 Å². The Morgan fingerprint density at radius 3 is 2.04 bits per heavy atom. The summed E-state index contributed by atoms with van der Waals surface area (Å²) in [6.07, 6.45) is -9.71. The molecule has 18 atom stereocenters. The van der Waals surface area contributed by atoms with Gasteiger partial charge in [0.2, 0.25) is 0 Å². The molecule has 5 N–H and O–H groups in total. The Morgan fingerprint density at radius 2 is 1.49 bits per heavy atom. The number of nitrogens with zero attached hydrogens (tertiary/aromatic N) is 1. The van der Waals surface area contributed by atoms with Gasteiger partial charge in [0.1, 0.15) is 29.7 Å². The summed E-state index contributed by atoms with van der Waals surface area (Å²) in [6, 6.07) is -0.324. The Labute approximate surface area is 304 Å². The second kappa shape index (κ2) is 17.0. The number of esters is 1. The van der Waals surface area contributed by atoms with Crippen molar-refractivity contribution in [1.29, 1.82) is 0 Å². The number of aliphatic hydroxyl groups excluding tert-OH is 3. The molecule has 0 unspecified atom stereocenters. The maximum Gasteiger partial charge on any atom is 0.311 e. The highest BCUT2D eigenvalue weighted by atomic mass is 16.7. The van der Waals surface area contributed by atoms with Crippen molar-refractivity contribution in [3.05, 3.63) is 0 Å². The van der Waals surface area contributed by atoms with Crippen LogP contribution >= 0.6 is 0 Å². The van der Waals surface area contributed by atoms with Gasteiger partial charge >= 0.3 is 5.97 Å². The fourth-order valence-electron chi connectivity index (χ4n) is 8.41. The lowest BCUT2D eigenvalue weighted by atomic mass is 9.74. The third-order valence-corrected chi connectivity index (χ3v) is 11.8. The molecule has 0 radical (unpaired) electrons. The summed E-state index contributed by atoms with van der Waals surface area (Å²) in [5.41, 5.74) is -4.84. The first kappa shape index (κ1) is 44.1. The van der Waals surface area contributed by atoms with Crippen LogP contribution in [-0.2, 0) is 38.0 Å².